The van der Waals surface area contributed by atoms with Crippen LogP contribution in [0.15, 0.2) is 53.1 Å². The molecule has 0 spiro atoms. The lowest BCUT2D eigenvalue weighted by Crippen LogP contribution is -1.95. The van der Waals surface area contributed by atoms with Crippen molar-refractivity contribution in [3.05, 3.63) is 60.2 Å². The summed E-state index contributed by atoms with van der Waals surface area (Å²) < 4.78 is 18.7. The first-order chi connectivity index (χ1) is 11.2. The van der Waals surface area contributed by atoms with Crippen molar-refractivity contribution in [1.29, 1.82) is 0 Å². The van der Waals surface area contributed by atoms with Crippen molar-refractivity contribution in [2.45, 2.75) is 32.6 Å². The zero-order chi connectivity index (χ0) is 16.2. The van der Waals surface area contributed by atoms with E-state index < -0.39 is 0 Å². The van der Waals surface area contributed by atoms with Gasteiger partial charge in [0.05, 0.1) is 0 Å². The topological polar surface area (TPSA) is 38.9 Å². The van der Waals surface area contributed by atoms with Gasteiger partial charge in [0.2, 0.25) is 11.7 Å². The van der Waals surface area contributed by atoms with E-state index in [1.54, 1.807) is 6.07 Å². The number of aromatic nitrogens is 2. The van der Waals surface area contributed by atoms with E-state index in [1.165, 1.54) is 12.1 Å². The molecule has 1 heterocycles. The second-order valence-electron chi connectivity index (χ2n) is 5.56. The fourth-order valence-electron chi connectivity index (χ4n) is 2.64. The standard InChI is InChI=1S/C19H19FN2O/c1-3-13(4-2)19-21-18(22-23-19)15-10-8-14(9-11-15)16-6-5-7-17(20)12-16/h5-13H,3-4H2,1-2H3. The average Bonchev–Trinajstić information content (AvgIpc) is 3.06. The Hall–Kier alpha value is -2.49. The van der Waals surface area contributed by atoms with Crippen LogP contribution in [-0.4, -0.2) is 10.1 Å². The van der Waals surface area contributed by atoms with Gasteiger partial charge in [-0.05, 0) is 36.1 Å². The van der Waals surface area contributed by atoms with Crippen LogP contribution in [0.3, 0.4) is 0 Å². The van der Waals surface area contributed by atoms with E-state index in [0.717, 1.165) is 29.5 Å². The van der Waals surface area contributed by atoms with Crippen LogP contribution in [0, 0.1) is 5.82 Å². The summed E-state index contributed by atoms with van der Waals surface area (Å²) in [6.07, 6.45) is 1.97. The zero-order valence-electron chi connectivity index (χ0n) is 13.3. The van der Waals surface area contributed by atoms with Gasteiger partial charge in [0, 0.05) is 11.5 Å². The summed E-state index contributed by atoms with van der Waals surface area (Å²) in [6, 6.07) is 14.3. The lowest BCUT2D eigenvalue weighted by molar-refractivity contribution is 0.346. The molecule has 3 nitrogen and oxygen atoms in total. The first-order valence-corrected chi connectivity index (χ1v) is 7.91. The molecule has 3 rings (SSSR count). The summed E-state index contributed by atoms with van der Waals surface area (Å²) in [5.74, 6) is 1.36. The Balaban J connectivity index is 1.85. The van der Waals surface area contributed by atoms with Crippen molar-refractivity contribution < 1.29 is 8.91 Å². The van der Waals surface area contributed by atoms with E-state index in [9.17, 15) is 4.39 Å². The number of halogens is 1. The summed E-state index contributed by atoms with van der Waals surface area (Å²) in [6.45, 7) is 4.23. The van der Waals surface area contributed by atoms with Crippen LogP contribution in [0.25, 0.3) is 22.5 Å². The molecule has 118 valence electrons. The van der Waals surface area contributed by atoms with Crippen LogP contribution >= 0.6 is 0 Å². The van der Waals surface area contributed by atoms with Gasteiger partial charge in [-0.2, -0.15) is 4.98 Å². The van der Waals surface area contributed by atoms with E-state index in [0.29, 0.717) is 17.6 Å². The lowest BCUT2D eigenvalue weighted by atomic mass is 10.0. The largest absolute Gasteiger partial charge is 0.339 e. The summed E-state index contributed by atoms with van der Waals surface area (Å²) in [7, 11) is 0. The molecule has 0 fully saturated rings. The molecule has 0 radical (unpaired) electrons. The highest BCUT2D eigenvalue weighted by Crippen LogP contribution is 2.26. The van der Waals surface area contributed by atoms with Gasteiger partial charge < -0.3 is 4.52 Å². The molecule has 0 bridgehead atoms. The minimum Gasteiger partial charge on any atom is -0.339 e. The van der Waals surface area contributed by atoms with Gasteiger partial charge in [-0.1, -0.05) is 55.4 Å². The predicted molar refractivity (Wildman–Crippen MR) is 88.5 cm³/mol. The van der Waals surface area contributed by atoms with Gasteiger partial charge >= 0.3 is 0 Å². The Kier molecular flexibility index (Phi) is 4.51. The molecule has 0 atom stereocenters. The van der Waals surface area contributed by atoms with E-state index in [1.807, 2.05) is 30.3 Å². The molecule has 4 heteroatoms. The monoisotopic (exact) mass is 310 g/mol. The molecule has 0 aliphatic rings. The Morgan fingerprint density at radius 2 is 1.65 bits per heavy atom. The van der Waals surface area contributed by atoms with Crippen molar-refractivity contribution >= 4 is 0 Å². The quantitative estimate of drug-likeness (QED) is 0.629. The van der Waals surface area contributed by atoms with Gasteiger partial charge in [-0.3, -0.25) is 0 Å². The van der Waals surface area contributed by atoms with Gasteiger partial charge in [0.25, 0.3) is 0 Å². The highest BCUT2D eigenvalue weighted by molar-refractivity contribution is 5.67. The maximum atomic E-state index is 13.3. The third-order valence-electron chi connectivity index (χ3n) is 4.08. The van der Waals surface area contributed by atoms with Crippen LogP contribution in [0.1, 0.15) is 38.5 Å². The maximum Gasteiger partial charge on any atom is 0.230 e. The molecular formula is C19H19FN2O. The third-order valence-corrected chi connectivity index (χ3v) is 4.08. The number of hydrogen-bond donors (Lipinski definition) is 0. The first-order valence-electron chi connectivity index (χ1n) is 7.91. The minimum absolute atomic E-state index is 0.237. The summed E-state index contributed by atoms with van der Waals surface area (Å²) in [5, 5.41) is 4.07. The van der Waals surface area contributed by atoms with Crippen LogP contribution in [0.2, 0.25) is 0 Å². The SMILES string of the molecule is CCC(CC)c1nc(-c2ccc(-c3cccc(F)c3)cc2)no1. The number of hydrogen-bond acceptors (Lipinski definition) is 3. The fraction of sp³-hybridized carbons (Fsp3) is 0.263. The van der Waals surface area contributed by atoms with Gasteiger partial charge in [0.15, 0.2) is 0 Å². The van der Waals surface area contributed by atoms with Crippen LogP contribution in [0.5, 0.6) is 0 Å². The first kappa shape index (κ1) is 15.4. The molecule has 0 aliphatic heterocycles. The fourth-order valence-corrected chi connectivity index (χ4v) is 2.64. The van der Waals surface area contributed by atoms with Crippen molar-refractivity contribution in [3.63, 3.8) is 0 Å². The Morgan fingerprint density at radius 3 is 2.30 bits per heavy atom. The normalized spacial score (nSPS) is 11.1. The molecule has 1 aromatic heterocycles. The molecular weight excluding hydrogens is 291 g/mol. The molecule has 0 unspecified atom stereocenters. The summed E-state index contributed by atoms with van der Waals surface area (Å²) in [5.41, 5.74) is 2.70. The van der Waals surface area contributed by atoms with Gasteiger partial charge in [-0.15, -0.1) is 0 Å². The van der Waals surface area contributed by atoms with Crippen molar-refractivity contribution in [2.75, 3.05) is 0 Å². The predicted octanol–water partition coefficient (Wildman–Crippen LogP) is 5.45. The van der Waals surface area contributed by atoms with Gasteiger partial charge in [-0.25, -0.2) is 4.39 Å². The highest BCUT2D eigenvalue weighted by atomic mass is 19.1. The van der Waals surface area contributed by atoms with Crippen molar-refractivity contribution in [3.8, 4) is 22.5 Å². The summed E-state index contributed by atoms with van der Waals surface area (Å²) >= 11 is 0. The highest BCUT2D eigenvalue weighted by Gasteiger charge is 2.16. The van der Waals surface area contributed by atoms with Crippen LogP contribution in [0.4, 0.5) is 4.39 Å². The molecule has 2 aromatic carbocycles. The van der Waals surface area contributed by atoms with Crippen molar-refractivity contribution in [1.82, 2.24) is 10.1 Å². The van der Waals surface area contributed by atoms with Crippen LogP contribution in [-0.2, 0) is 0 Å². The second-order valence-corrected chi connectivity index (χ2v) is 5.56. The van der Waals surface area contributed by atoms with E-state index in [2.05, 4.69) is 24.0 Å². The molecule has 0 saturated carbocycles. The smallest absolute Gasteiger partial charge is 0.230 e. The van der Waals surface area contributed by atoms with E-state index >= 15 is 0 Å². The van der Waals surface area contributed by atoms with E-state index in [-0.39, 0.29) is 5.82 Å². The molecule has 0 aliphatic carbocycles. The maximum absolute atomic E-state index is 13.3. The third kappa shape index (κ3) is 3.31. The molecule has 0 saturated heterocycles. The average molecular weight is 310 g/mol. The Morgan fingerprint density at radius 1 is 0.957 bits per heavy atom. The molecule has 23 heavy (non-hydrogen) atoms. The second kappa shape index (κ2) is 6.73. The Labute approximate surface area is 135 Å². The zero-order valence-corrected chi connectivity index (χ0v) is 13.3. The number of benzene rings is 2. The number of rotatable bonds is 5. The molecule has 0 N–H and O–H groups in total. The van der Waals surface area contributed by atoms with E-state index in [4.69, 9.17) is 4.52 Å². The molecule has 0 amide bonds. The Bertz CT molecular complexity index is 776. The molecule has 3 aromatic rings. The summed E-state index contributed by atoms with van der Waals surface area (Å²) in [4.78, 5) is 4.50. The number of nitrogens with zero attached hydrogens (tertiary/aromatic N) is 2. The minimum atomic E-state index is -0.237. The van der Waals surface area contributed by atoms with Crippen LogP contribution < -0.4 is 0 Å². The van der Waals surface area contributed by atoms with Crippen molar-refractivity contribution in [2.24, 2.45) is 0 Å². The van der Waals surface area contributed by atoms with Gasteiger partial charge in [0.1, 0.15) is 5.82 Å². The lowest BCUT2D eigenvalue weighted by Gasteiger charge is -2.04.